The summed E-state index contributed by atoms with van der Waals surface area (Å²) in [5, 5.41) is 1.64. The summed E-state index contributed by atoms with van der Waals surface area (Å²) < 4.78 is 103. The van der Waals surface area contributed by atoms with E-state index in [4.69, 9.17) is 4.74 Å². The van der Waals surface area contributed by atoms with Crippen molar-refractivity contribution in [2.24, 2.45) is 5.92 Å². The number of benzene rings is 2. The summed E-state index contributed by atoms with van der Waals surface area (Å²) in [6.45, 7) is 0.238. The van der Waals surface area contributed by atoms with Crippen molar-refractivity contribution in [2.75, 3.05) is 17.9 Å². The first-order valence-electron chi connectivity index (χ1n) is 11.5. The maximum Gasteiger partial charge on any atom is 0.391 e. The highest BCUT2D eigenvalue weighted by Gasteiger charge is 2.46. The topological polar surface area (TPSA) is 71.5 Å². The fraction of sp³-hybridized carbons (Fsp3) is 0.375. The third-order valence-electron chi connectivity index (χ3n) is 6.78. The highest BCUT2D eigenvalue weighted by Crippen LogP contribution is 2.48. The fourth-order valence-electron chi connectivity index (χ4n) is 5.03. The normalized spacial score (nSPS) is 22.8. The number of hydrogen-bond donors (Lipinski definition) is 1. The van der Waals surface area contributed by atoms with Gasteiger partial charge in [-0.2, -0.15) is 13.2 Å². The number of halogens is 5. The predicted molar refractivity (Wildman–Crippen MR) is 127 cm³/mol. The summed E-state index contributed by atoms with van der Waals surface area (Å²) in [5.74, 6) is -2.90. The number of fused-ring (bicyclic) bond motifs is 1. The SMILES string of the molecule is O=S(=O)(Nc1nccs1)c1cc2c(cc1F)[C@@H](N1CC[C@H](C(F)(F)F)C[C@@H]1c1ccc(F)cc1)CCO2. The quantitative estimate of drug-likeness (QED) is 0.385. The number of anilines is 1. The van der Waals surface area contributed by atoms with E-state index >= 15 is 4.39 Å². The van der Waals surface area contributed by atoms with Crippen molar-refractivity contribution < 1.29 is 35.1 Å². The molecule has 0 aliphatic carbocycles. The maximum atomic E-state index is 15.2. The molecule has 6 nitrogen and oxygen atoms in total. The highest BCUT2D eigenvalue weighted by molar-refractivity contribution is 7.93. The van der Waals surface area contributed by atoms with Gasteiger partial charge in [0.05, 0.1) is 12.5 Å². The van der Waals surface area contributed by atoms with E-state index in [2.05, 4.69) is 9.71 Å². The Balaban J connectivity index is 1.50. The molecule has 5 rings (SSSR count). The number of hydrogen-bond acceptors (Lipinski definition) is 6. The number of aromatic nitrogens is 1. The highest BCUT2D eigenvalue weighted by atomic mass is 32.2. The Bertz CT molecular complexity index is 1370. The van der Waals surface area contributed by atoms with Crippen LogP contribution in [-0.2, 0) is 10.0 Å². The molecule has 3 heterocycles. The van der Waals surface area contributed by atoms with Gasteiger partial charge in [-0.05, 0) is 43.1 Å². The molecule has 3 aromatic rings. The summed E-state index contributed by atoms with van der Waals surface area (Å²) in [6, 6.07) is 6.29. The Kier molecular flexibility index (Phi) is 6.88. The standard InChI is InChI=1S/C24H22F5N3O3S2/c25-16-3-1-14(2-4-16)20-11-15(24(27,28)29)5-8-32(20)19-6-9-35-21-13-22(18(26)12-17(19)21)37(33,34)31-23-30-7-10-36-23/h1-4,7,10,12-13,15,19-20H,5-6,8-9,11H2,(H,30,31)/t15-,19-,20+/m0/s1. The minimum Gasteiger partial charge on any atom is -0.493 e. The van der Waals surface area contributed by atoms with E-state index in [9.17, 15) is 26.0 Å². The first-order chi connectivity index (χ1) is 17.5. The number of sulfonamides is 1. The molecule has 1 saturated heterocycles. The Morgan fingerprint density at radius 1 is 1.08 bits per heavy atom. The molecule has 3 atom stereocenters. The molecule has 0 spiro atoms. The summed E-state index contributed by atoms with van der Waals surface area (Å²) >= 11 is 1.03. The first-order valence-corrected chi connectivity index (χ1v) is 13.9. The van der Waals surface area contributed by atoms with Gasteiger partial charge in [0.1, 0.15) is 22.3 Å². The van der Waals surface area contributed by atoms with Crippen LogP contribution in [-0.4, -0.2) is 37.6 Å². The maximum absolute atomic E-state index is 15.2. The predicted octanol–water partition coefficient (Wildman–Crippen LogP) is 6.06. The number of likely N-dealkylation sites (tertiary alicyclic amines) is 1. The van der Waals surface area contributed by atoms with Gasteiger partial charge in [0.2, 0.25) is 0 Å². The minimum atomic E-state index is -4.38. The zero-order chi connectivity index (χ0) is 26.4. The molecule has 0 radical (unpaired) electrons. The molecule has 0 unspecified atom stereocenters. The first kappa shape index (κ1) is 25.9. The molecule has 198 valence electrons. The van der Waals surface area contributed by atoms with Crippen LogP contribution < -0.4 is 9.46 Å². The van der Waals surface area contributed by atoms with E-state index in [1.54, 1.807) is 5.38 Å². The third kappa shape index (κ3) is 5.30. The van der Waals surface area contributed by atoms with Gasteiger partial charge in [-0.15, -0.1) is 11.3 Å². The van der Waals surface area contributed by atoms with Gasteiger partial charge < -0.3 is 4.74 Å². The molecule has 2 aliphatic heterocycles. The van der Waals surface area contributed by atoms with E-state index in [-0.39, 0.29) is 36.9 Å². The van der Waals surface area contributed by atoms with Crippen molar-refractivity contribution in [1.82, 2.24) is 9.88 Å². The molecule has 0 saturated carbocycles. The van der Waals surface area contributed by atoms with Crippen LogP contribution in [0.4, 0.5) is 27.1 Å². The molecule has 2 aliphatic rings. The van der Waals surface area contributed by atoms with Gasteiger partial charge in [0.25, 0.3) is 10.0 Å². The number of alkyl halides is 3. The van der Waals surface area contributed by atoms with Crippen LogP contribution in [0.1, 0.15) is 42.5 Å². The summed E-state index contributed by atoms with van der Waals surface area (Å²) in [4.78, 5) is 5.09. The van der Waals surface area contributed by atoms with Crippen LogP contribution >= 0.6 is 11.3 Å². The molecule has 0 bridgehead atoms. The fourth-order valence-corrected chi connectivity index (χ4v) is 6.90. The van der Waals surface area contributed by atoms with Crippen molar-refractivity contribution in [1.29, 1.82) is 0 Å². The van der Waals surface area contributed by atoms with E-state index in [1.807, 2.05) is 4.90 Å². The number of nitrogens with zero attached hydrogens (tertiary/aromatic N) is 2. The van der Waals surface area contributed by atoms with Gasteiger partial charge in [0, 0.05) is 41.7 Å². The number of ether oxygens (including phenoxy) is 1. The van der Waals surface area contributed by atoms with Gasteiger partial charge in [0.15, 0.2) is 5.13 Å². The molecule has 1 fully saturated rings. The average Bonchev–Trinajstić information content (AvgIpc) is 3.35. The Morgan fingerprint density at radius 3 is 2.51 bits per heavy atom. The van der Waals surface area contributed by atoms with E-state index in [0.29, 0.717) is 17.5 Å². The Hall–Kier alpha value is -2.77. The molecular formula is C24H22F5N3O3S2. The van der Waals surface area contributed by atoms with Crippen LogP contribution in [0, 0.1) is 17.6 Å². The zero-order valence-corrected chi connectivity index (χ0v) is 20.8. The Labute approximate surface area is 214 Å². The van der Waals surface area contributed by atoms with E-state index < -0.39 is 50.7 Å². The van der Waals surface area contributed by atoms with Crippen LogP contribution in [0.2, 0.25) is 0 Å². The number of rotatable bonds is 5. The number of nitrogens with one attached hydrogen (secondary N) is 1. The van der Waals surface area contributed by atoms with Crippen molar-refractivity contribution in [3.63, 3.8) is 0 Å². The molecule has 2 aromatic carbocycles. The third-order valence-corrected chi connectivity index (χ3v) is 8.95. The summed E-state index contributed by atoms with van der Waals surface area (Å²) in [5.41, 5.74) is 0.880. The van der Waals surface area contributed by atoms with Gasteiger partial charge in [-0.25, -0.2) is 22.2 Å². The second-order valence-corrected chi connectivity index (χ2v) is 11.5. The van der Waals surface area contributed by atoms with Gasteiger partial charge in [-0.3, -0.25) is 9.62 Å². The van der Waals surface area contributed by atoms with Crippen LogP contribution in [0.25, 0.3) is 0 Å². The average molecular weight is 560 g/mol. The molecule has 13 heteroatoms. The largest absolute Gasteiger partial charge is 0.493 e. The van der Waals surface area contributed by atoms with Gasteiger partial charge >= 0.3 is 6.18 Å². The smallest absolute Gasteiger partial charge is 0.391 e. The van der Waals surface area contributed by atoms with E-state index in [0.717, 1.165) is 23.5 Å². The lowest BCUT2D eigenvalue weighted by Gasteiger charge is -2.46. The van der Waals surface area contributed by atoms with Crippen molar-refractivity contribution in [3.8, 4) is 5.75 Å². The second-order valence-electron chi connectivity index (χ2n) is 8.98. The van der Waals surface area contributed by atoms with E-state index in [1.165, 1.54) is 30.5 Å². The molecule has 1 aromatic heterocycles. The lowest BCUT2D eigenvalue weighted by molar-refractivity contribution is -0.192. The Morgan fingerprint density at radius 2 is 1.84 bits per heavy atom. The lowest BCUT2D eigenvalue weighted by Crippen LogP contribution is -2.44. The molecular weight excluding hydrogens is 537 g/mol. The number of thiazole rings is 1. The van der Waals surface area contributed by atoms with Crippen LogP contribution in [0.5, 0.6) is 5.75 Å². The minimum absolute atomic E-state index is 0.0730. The van der Waals surface area contributed by atoms with Gasteiger partial charge in [-0.1, -0.05) is 12.1 Å². The van der Waals surface area contributed by atoms with Crippen LogP contribution in [0.3, 0.4) is 0 Å². The molecule has 37 heavy (non-hydrogen) atoms. The monoisotopic (exact) mass is 559 g/mol. The second kappa shape index (κ2) is 9.84. The van der Waals surface area contributed by atoms with Crippen molar-refractivity contribution >= 4 is 26.5 Å². The molecule has 0 amide bonds. The lowest BCUT2D eigenvalue weighted by atomic mass is 9.84. The molecule has 1 N–H and O–H groups in total. The zero-order valence-electron chi connectivity index (χ0n) is 19.2. The van der Waals surface area contributed by atoms with Crippen LogP contribution in [0.15, 0.2) is 52.9 Å². The number of piperidine rings is 1. The van der Waals surface area contributed by atoms with Crippen molar-refractivity contribution in [2.45, 2.75) is 42.4 Å². The summed E-state index contributed by atoms with van der Waals surface area (Å²) in [7, 11) is -4.30. The van der Waals surface area contributed by atoms with Crippen molar-refractivity contribution in [3.05, 3.63) is 70.7 Å². The summed E-state index contributed by atoms with van der Waals surface area (Å²) in [6.07, 6.45) is -2.98.